The van der Waals surface area contributed by atoms with E-state index in [0.29, 0.717) is 12.0 Å². The number of carboxylic acid groups (broad SMARTS) is 1. The van der Waals surface area contributed by atoms with Crippen LogP contribution in [0, 0.1) is 20.8 Å². The van der Waals surface area contributed by atoms with E-state index in [1.807, 2.05) is 12.1 Å². The molecule has 0 heterocycles. The molecule has 2 N–H and O–H groups in total. The van der Waals surface area contributed by atoms with Gasteiger partial charge in [-0.1, -0.05) is 54.1 Å². The van der Waals surface area contributed by atoms with Crippen LogP contribution in [0.1, 0.15) is 49.3 Å². The summed E-state index contributed by atoms with van der Waals surface area (Å²) >= 11 is 0. The molecule has 138 valence electrons. The van der Waals surface area contributed by atoms with Crippen molar-refractivity contribution in [2.24, 2.45) is 0 Å². The fraction of sp³-hybridized carbons (Fsp3) is 0.208. The molecule has 0 amide bonds. The summed E-state index contributed by atoms with van der Waals surface area (Å²) in [6.07, 6.45) is 1.35. The Morgan fingerprint density at radius 1 is 0.852 bits per heavy atom. The number of carboxylic acids is 1. The van der Waals surface area contributed by atoms with E-state index in [2.05, 4.69) is 45.0 Å². The quantitative estimate of drug-likeness (QED) is 0.658. The molecule has 0 bridgehead atoms. The van der Waals surface area contributed by atoms with Crippen LogP contribution in [0.3, 0.4) is 0 Å². The maximum Gasteiger partial charge on any atom is 0.339 e. The predicted octanol–water partition coefficient (Wildman–Crippen LogP) is 5.20. The van der Waals surface area contributed by atoms with Gasteiger partial charge in [0.25, 0.3) is 0 Å². The van der Waals surface area contributed by atoms with Gasteiger partial charge in [-0.25, -0.2) is 4.79 Å². The molecule has 0 aromatic heterocycles. The molecule has 0 spiro atoms. The maximum atomic E-state index is 11.4. The zero-order valence-corrected chi connectivity index (χ0v) is 15.9. The van der Waals surface area contributed by atoms with E-state index in [1.54, 1.807) is 12.1 Å². The van der Waals surface area contributed by atoms with Gasteiger partial charge in [0.1, 0.15) is 11.3 Å². The van der Waals surface area contributed by atoms with E-state index in [-0.39, 0.29) is 11.3 Å². The second-order valence-electron chi connectivity index (χ2n) is 7.16. The lowest BCUT2D eigenvalue weighted by atomic mass is 9.93. The molecular weight excluding hydrogens is 336 g/mol. The fourth-order valence-electron chi connectivity index (χ4n) is 3.67. The van der Waals surface area contributed by atoms with Crippen molar-refractivity contribution in [1.82, 2.24) is 0 Å². The van der Waals surface area contributed by atoms with Gasteiger partial charge in [-0.3, -0.25) is 0 Å². The van der Waals surface area contributed by atoms with Crippen LogP contribution < -0.4 is 0 Å². The first-order chi connectivity index (χ1) is 12.8. The van der Waals surface area contributed by atoms with E-state index in [4.69, 9.17) is 0 Å². The Morgan fingerprint density at radius 3 is 1.96 bits per heavy atom. The molecule has 0 atom stereocenters. The average Bonchev–Trinajstić information content (AvgIpc) is 2.59. The zero-order chi connectivity index (χ0) is 19.6. The van der Waals surface area contributed by atoms with Crippen molar-refractivity contribution in [1.29, 1.82) is 0 Å². The van der Waals surface area contributed by atoms with Crippen molar-refractivity contribution in [3.05, 3.63) is 99.1 Å². The third-order valence-electron chi connectivity index (χ3n) is 4.98. The minimum atomic E-state index is -1.11. The van der Waals surface area contributed by atoms with Crippen LogP contribution in [0.5, 0.6) is 5.75 Å². The number of benzene rings is 3. The third-order valence-corrected chi connectivity index (χ3v) is 4.98. The minimum Gasteiger partial charge on any atom is -0.507 e. The number of hydrogen-bond donors (Lipinski definition) is 2. The first-order valence-corrected chi connectivity index (χ1v) is 9.04. The summed E-state index contributed by atoms with van der Waals surface area (Å²) in [6, 6.07) is 17.5. The summed E-state index contributed by atoms with van der Waals surface area (Å²) in [5.74, 6) is -1.30. The number of hydrogen-bond acceptors (Lipinski definition) is 2. The Bertz CT molecular complexity index is 962. The molecule has 3 nitrogen and oxygen atoms in total. The molecule has 0 unspecified atom stereocenters. The van der Waals surface area contributed by atoms with Crippen LogP contribution in [0.25, 0.3) is 0 Å². The highest BCUT2D eigenvalue weighted by Gasteiger charge is 2.15. The van der Waals surface area contributed by atoms with Gasteiger partial charge < -0.3 is 10.2 Å². The van der Waals surface area contributed by atoms with E-state index in [9.17, 15) is 15.0 Å². The van der Waals surface area contributed by atoms with Crippen molar-refractivity contribution >= 4 is 5.97 Å². The van der Waals surface area contributed by atoms with Gasteiger partial charge >= 0.3 is 5.97 Å². The highest BCUT2D eigenvalue weighted by atomic mass is 16.4. The Morgan fingerprint density at radius 2 is 1.41 bits per heavy atom. The SMILES string of the molecule is Cc1cc(C)c(Cc2ccc(Cc3cccc(O)c3C(=O)O)cc2)c(C)c1. The normalized spacial score (nSPS) is 10.8. The van der Waals surface area contributed by atoms with Crippen LogP contribution in [-0.2, 0) is 12.8 Å². The Balaban J connectivity index is 1.81. The summed E-state index contributed by atoms with van der Waals surface area (Å²) in [4.78, 5) is 11.4. The molecule has 3 aromatic rings. The van der Waals surface area contributed by atoms with Gasteiger partial charge in [-0.15, -0.1) is 0 Å². The fourth-order valence-corrected chi connectivity index (χ4v) is 3.67. The van der Waals surface area contributed by atoms with Gasteiger partial charge in [0.2, 0.25) is 0 Å². The van der Waals surface area contributed by atoms with Gasteiger partial charge in [0.05, 0.1) is 0 Å². The van der Waals surface area contributed by atoms with Crippen molar-refractivity contribution in [3.8, 4) is 5.75 Å². The minimum absolute atomic E-state index is 0.0209. The van der Waals surface area contributed by atoms with E-state index >= 15 is 0 Å². The van der Waals surface area contributed by atoms with Gasteiger partial charge in [-0.05, 0) is 73.1 Å². The lowest BCUT2D eigenvalue weighted by molar-refractivity contribution is 0.0692. The third kappa shape index (κ3) is 4.20. The summed E-state index contributed by atoms with van der Waals surface area (Å²) in [6.45, 7) is 6.42. The second-order valence-corrected chi connectivity index (χ2v) is 7.16. The van der Waals surface area contributed by atoms with E-state index < -0.39 is 5.97 Å². The van der Waals surface area contributed by atoms with Crippen molar-refractivity contribution in [2.75, 3.05) is 0 Å². The molecule has 0 saturated carbocycles. The van der Waals surface area contributed by atoms with Crippen LogP contribution in [0.4, 0.5) is 0 Å². The molecule has 3 rings (SSSR count). The topological polar surface area (TPSA) is 57.5 Å². The highest BCUT2D eigenvalue weighted by Crippen LogP contribution is 2.24. The summed E-state index contributed by atoms with van der Waals surface area (Å²) in [5, 5.41) is 19.2. The van der Waals surface area contributed by atoms with E-state index in [1.165, 1.54) is 33.9 Å². The largest absolute Gasteiger partial charge is 0.507 e. The van der Waals surface area contributed by atoms with Crippen LogP contribution in [-0.4, -0.2) is 16.2 Å². The zero-order valence-electron chi connectivity index (χ0n) is 15.9. The van der Waals surface area contributed by atoms with Crippen molar-refractivity contribution < 1.29 is 15.0 Å². The molecule has 0 aliphatic rings. The smallest absolute Gasteiger partial charge is 0.339 e. The van der Waals surface area contributed by atoms with E-state index in [0.717, 1.165) is 12.0 Å². The molecule has 0 radical (unpaired) electrons. The molecule has 0 aliphatic carbocycles. The molecule has 0 aliphatic heterocycles. The Hall–Kier alpha value is -3.07. The number of aromatic carboxylic acids is 1. The molecule has 27 heavy (non-hydrogen) atoms. The first kappa shape index (κ1) is 18.7. The number of carbonyl (C=O) groups is 1. The molecule has 0 fully saturated rings. The first-order valence-electron chi connectivity index (χ1n) is 9.04. The Labute approximate surface area is 159 Å². The summed E-state index contributed by atoms with van der Waals surface area (Å²) < 4.78 is 0. The average molecular weight is 360 g/mol. The lowest BCUT2D eigenvalue weighted by Crippen LogP contribution is -2.03. The standard InChI is InChI=1S/C24H24O3/c1-15-11-16(2)21(17(3)12-15)14-19-9-7-18(8-10-19)13-20-5-4-6-22(25)23(20)24(26)27/h4-12,25H,13-14H2,1-3H3,(H,26,27). The summed E-state index contributed by atoms with van der Waals surface area (Å²) in [7, 11) is 0. The monoisotopic (exact) mass is 360 g/mol. The predicted molar refractivity (Wildman–Crippen MR) is 108 cm³/mol. The Kier molecular flexibility index (Phi) is 5.31. The van der Waals surface area contributed by atoms with Crippen LogP contribution in [0.2, 0.25) is 0 Å². The van der Waals surface area contributed by atoms with Crippen LogP contribution >= 0.6 is 0 Å². The van der Waals surface area contributed by atoms with Gasteiger partial charge in [0.15, 0.2) is 0 Å². The molecule has 3 heteroatoms. The maximum absolute atomic E-state index is 11.4. The molecular formula is C24H24O3. The van der Waals surface area contributed by atoms with Crippen molar-refractivity contribution in [3.63, 3.8) is 0 Å². The van der Waals surface area contributed by atoms with Gasteiger partial charge in [0, 0.05) is 0 Å². The van der Waals surface area contributed by atoms with Crippen LogP contribution in [0.15, 0.2) is 54.6 Å². The van der Waals surface area contributed by atoms with Crippen molar-refractivity contribution in [2.45, 2.75) is 33.6 Å². The highest BCUT2D eigenvalue weighted by molar-refractivity contribution is 5.92. The number of aryl methyl sites for hydroxylation is 3. The van der Waals surface area contributed by atoms with Gasteiger partial charge in [-0.2, -0.15) is 0 Å². The number of rotatable bonds is 5. The number of aromatic hydroxyl groups is 1. The molecule has 0 saturated heterocycles. The number of phenols is 1. The molecule has 3 aromatic carbocycles. The summed E-state index contributed by atoms with van der Waals surface area (Å²) in [5.41, 5.74) is 8.09. The second kappa shape index (κ2) is 7.67. The lowest BCUT2D eigenvalue weighted by Gasteiger charge is -2.12.